The van der Waals surface area contributed by atoms with Gasteiger partial charge >= 0.3 is 7.48 Å². The van der Waals surface area contributed by atoms with Gasteiger partial charge in [0.1, 0.15) is 5.75 Å². The standard InChI is InChI=1S/C15H21BNO4/c1-14(2,20)15(3,4)21-16-12-7-6-11(18)9-10(12)5-8-13(17)19/h5-9,18,20H,1-4H3,(H2,17,19)/b8-5+. The van der Waals surface area contributed by atoms with Gasteiger partial charge in [-0.05, 0) is 56.9 Å². The van der Waals surface area contributed by atoms with Crippen LogP contribution in [0.1, 0.15) is 33.3 Å². The van der Waals surface area contributed by atoms with Crippen LogP contribution < -0.4 is 11.2 Å². The average Bonchev–Trinajstić information content (AvgIpc) is 2.33. The molecule has 0 bridgehead atoms. The zero-order chi connectivity index (χ0) is 16.3. The van der Waals surface area contributed by atoms with Gasteiger partial charge in [0, 0.05) is 6.08 Å². The minimum atomic E-state index is -1.04. The first-order valence-electron chi connectivity index (χ1n) is 6.57. The molecule has 0 aliphatic carbocycles. The molecule has 4 N–H and O–H groups in total. The molecule has 1 amide bonds. The van der Waals surface area contributed by atoms with Crippen LogP contribution in [0.4, 0.5) is 0 Å². The van der Waals surface area contributed by atoms with Gasteiger partial charge in [-0.3, -0.25) is 4.79 Å². The fraction of sp³-hybridized carbons (Fsp3) is 0.400. The van der Waals surface area contributed by atoms with Crippen molar-refractivity contribution in [3.05, 3.63) is 29.8 Å². The van der Waals surface area contributed by atoms with Crippen LogP contribution >= 0.6 is 0 Å². The number of phenols is 1. The summed E-state index contributed by atoms with van der Waals surface area (Å²) < 4.78 is 5.66. The zero-order valence-electron chi connectivity index (χ0n) is 12.8. The molecule has 0 spiro atoms. The summed E-state index contributed by atoms with van der Waals surface area (Å²) in [5, 5.41) is 19.6. The SMILES string of the molecule is CC(C)(O)C(C)(C)O[B]c1ccc(O)cc1/C=C/C(N)=O. The molecular weight excluding hydrogens is 269 g/mol. The second-order valence-electron chi connectivity index (χ2n) is 5.85. The number of rotatable bonds is 6. The summed E-state index contributed by atoms with van der Waals surface area (Å²) in [6.07, 6.45) is 2.70. The number of hydrogen-bond donors (Lipinski definition) is 3. The molecule has 0 unspecified atom stereocenters. The van der Waals surface area contributed by atoms with Crippen LogP contribution in [0.3, 0.4) is 0 Å². The maximum Gasteiger partial charge on any atom is 0.331 e. The summed E-state index contributed by atoms with van der Waals surface area (Å²) in [7, 11) is 1.48. The van der Waals surface area contributed by atoms with E-state index < -0.39 is 17.1 Å². The van der Waals surface area contributed by atoms with Gasteiger partial charge in [0.2, 0.25) is 5.91 Å². The van der Waals surface area contributed by atoms with Crippen LogP contribution in [0, 0.1) is 0 Å². The van der Waals surface area contributed by atoms with E-state index in [2.05, 4.69) is 0 Å². The van der Waals surface area contributed by atoms with E-state index in [0.29, 0.717) is 11.0 Å². The van der Waals surface area contributed by atoms with Crippen molar-refractivity contribution in [1.82, 2.24) is 0 Å². The molecule has 6 heteroatoms. The van der Waals surface area contributed by atoms with Crippen molar-refractivity contribution >= 4 is 24.9 Å². The number of carbonyl (C=O) groups excluding carboxylic acids is 1. The van der Waals surface area contributed by atoms with E-state index >= 15 is 0 Å². The average molecular weight is 290 g/mol. The molecule has 1 aromatic rings. The largest absolute Gasteiger partial charge is 0.508 e. The van der Waals surface area contributed by atoms with E-state index in [1.54, 1.807) is 33.8 Å². The molecule has 113 valence electrons. The van der Waals surface area contributed by atoms with Gasteiger partial charge in [-0.2, -0.15) is 0 Å². The van der Waals surface area contributed by atoms with E-state index in [1.807, 2.05) is 0 Å². The van der Waals surface area contributed by atoms with Crippen LogP contribution in [-0.2, 0) is 9.45 Å². The molecule has 0 heterocycles. The Morgan fingerprint density at radius 2 is 1.95 bits per heavy atom. The van der Waals surface area contributed by atoms with E-state index in [9.17, 15) is 15.0 Å². The number of nitrogens with two attached hydrogens (primary N) is 1. The number of hydrogen-bond acceptors (Lipinski definition) is 4. The molecule has 5 nitrogen and oxygen atoms in total. The predicted molar refractivity (Wildman–Crippen MR) is 83.2 cm³/mol. The third-order valence-electron chi connectivity index (χ3n) is 3.45. The van der Waals surface area contributed by atoms with Crippen molar-refractivity contribution in [2.45, 2.75) is 38.9 Å². The lowest BCUT2D eigenvalue weighted by Gasteiger charge is -2.37. The molecule has 0 aliphatic heterocycles. The van der Waals surface area contributed by atoms with Gasteiger partial charge in [0.25, 0.3) is 0 Å². The second kappa shape index (κ2) is 6.32. The van der Waals surface area contributed by atoms with E-state index in [-0.39, 0.29) is 5.75 Å². The van der Waals surface area contributed by atoms with Crippen LogP contribution in [-0.4, -0.2) is 34.8 Å². The first-order valence-corrected chi connectivity index (χ1v) is 6.57. The molecule has 0 saturated carbocycles. The number of carbonyl (C=O) groups is 1. The lowest BCUT2D eigenvalue weighted by Crippen LogP contribution is -2.49. The molecule has 0 saturated heterocycles. The third kappa shape index (κ3) is 4.92. The smallest absolute Gasteiger partial charge is 0.331 e. The van der Waals surface area contributed by atoms with Crippen molar-refractivity contribution in [3.8, 4) is 5.75 Å². The lowest BCUT2D eigenvalue weighted by molar-refractivity contribution is -0.113. The maximum atomic E-state index is 10.8. The van der Waals surface area contributed by atoms with Gasteiger partial charge in [0.15, 0.2) is 0 Å². The summed E-state index contributed by atoms with van der Waals surface area (Å²) in [5.41, 5.74) is 4.46. The summed E-state index contributed by atoms with van der Waals surface area (Å²) in [6.45, 7) is 6.85. The van der Waals surface area contributed by atoms with Crippen molar-refractivity contribution < 1.29 is 19.7 Å². The Labute approximate surface area is 125 Å². The summed E-state index contributed by atoms with van der Waals surface area (Å²) in [5.74, 6) is -0.514. The van der Waals surface area contributed by atoms with Gasteiger partial charge in [0.05, 0.1) is 11.2 Å². The molecule has 1 aromatic carbocycles. The minimum Gasteiger partial charge on any atom is -0.508 e. The molecule has 21 heavy (non-hydrogen) atoms. The molecular formula is C15H21BNO4. The molecule has 0 atom stereocenters. The number of primary amides is 1. The fourth-order valence-corrected chi connectivity index (χ4v) is 1.34. The minimum absolute atomic E-state index is 0.0676. The first-order chi connectivity index (χ1) is 9.53. The van der Waals surface area contributed by atoms with Gasteiger partial charge < -0.3 is 20.6 Å². The van der Waals surface area contributed by atoms with Crippen molar-refractivity contribution in [3.63, 3.8) is 0 Å². The quantitative estimate of drug-likeness (QED) is 0.531. The van der Waals surface area contributed by atoms with Crippen LogP contribution in [0.25, 0.3) is 6.08 Å². The summed E-state index contributed by atoms with van der Waals surface area (Å²) in [4.78, 5) is 10.8. The second-order valence-corrected chi connectivity index (χ2v) is 5.85. The van der Waals surface area contributed by atoms with Crippen molar-refractivity contribution in [2.24, 2.45) is 5.73 Å². The third-order valence-corrected chi connectivity index (χ3v) is 3.45. The maximum absolute atomic E-state index is 10.8. The monoisotopic (exact) mass is 290 g/mol. The summed E-state index contributed by atoms with van der Waals surface area (Å²) >= 11 is 0. The number of amides is 1. The predicted octanol–water partition coefficient (Wildman–Crippen LogP) is 0.701. The Morgan fingerprint density at radius 1 is 1.33 bits per heavy atom. The van der Waals surface area contributed by atoms with Crippen LogP contribution in [0.5, 0.6) is 5.75 Å². The molecule has 0 fully saturated rings. The van der Waals surface area contributed by atoms with E-state index in [4.69, 9.17) is 10.4 Å². The van der Waals surface area contributed by atoms with Crippen LogP contribution in [0.2, 0.25) is 0 Å². The molecule has 0 aromatic heterocycles. The Morgan fingerprint density at radius 3 is 2.48 bits per heavy atom. The van der Waals surface area contributed by atoms with Crippen molar-refractivity contribution in [1.29, 1.82) is 0 Å². The normalized spacial score (nSPS) is 12.6. The Balaban J connectivity index is 2.96. The first kappa shape index (κ1) is 17.3. The summed E-state index contributed by atoms with van der Waals surface area (Å²) in [6, 6.07) is 4.65. The lowest BCUT2D eigenvalue weighted by atomic mass is 9.80. The fourth-order valence-electron chi connectivity index (χ4n) is 1.34. The zero-order valence-corrected chi connectivity index (χ0v) is 12.8. The topological polar surface area (TPSA) is 92.8 Å². The van der Waals surface area contributed by atoms with Gasteiger partial charge in [-0.1, -0.05) is 6.07 Å². The highest BCUT2D eigenvalue weighted by Crippen LogP contribution is 2.24. The molecule has 1 rings (SSSR count). The highest BCUT2D eigenvalue weighted by atomic mass is 16.5. The Hall–Kier alpha value is -1.79. The highest BCUT2D eigenvalue weighted by molar-refractivity contribution is 6.48. The number of aromatic hydroxyl groups is 1. The van der Waals surface area contributed by atoms with Gasteiger partial charge in [-0.15, -0.1) is 0 Å². The van der Waals surface area contributed by atoms with Gasteiger partial charge in [-0.25, -0.2) is 0 Å². The van der Waals surface area contributed by atoms with E-state index in [0.717, 1.165) is 0 Å². The van der Waals surface area contributed by atoms with Crippen LogP contribution in [0.15, 0.2) is 24.3 Å². The molecule has 0 aliphatic rings. The number of benzene rings is 1. The number of aliphatic hydroxyl groups is 1. The Kier molecular flexibility index (Phi) is 5.20. The number of phenolic OH excluding ortho intramolecular Hbond substituents is 1. The van der Waals surface area contributed by atoms with E-state index in [1.165, 1.54) is 31.8 Å². The Bertz CT molecular complexity index is 547. The van der Waals surface area contributed by atoms with Crippen molar-refractivity contribution in [2.75, 3.05) is 0 Å². The molecule has 1 radical (unpaired) electrons. The highest BCUT2D eigenvalue weighted by Gasteiger charge is 2.35.